The number of aryl methyl sites for hydroxylation is 1. The molecule has 1 N–H and O–H groups in total. The smallest absolute Gasteiger partial charge is 0.235 e. The largest absolute Gasteiger partial charge is 0.326 e. The minimum absolute atomic E-state index is 0.0427. The van der Waals surface area contributed by atoms with Gasteiger partial charge in [-0.15, -0.1) is 23.2 Å². The average Bonchev–Trinajstić information content (AvgIpc) is 3.22. The molecule has 2 atom stereocenters. The van der Waals surface area contributed by atoms with E-state index in [1.54, 1.807) is 0 Å². The quantitative estimate of drug-likeness (QED) is 0.198. The number of anilines is 1. The Balaban J connectivity index is 1.14. The topological polar surface area (TPSA) is 66.5 Å². The first kappa shape index (κ1) is 26.1. The molecule has 1 saturated heterocycles. The van der Waals surface area contributed by atoms with E-state index in [4.69, 9.17) is 23.2 Å². The predicted octanol–water partition coefficient (Wildman–Crippen LogP) is 6.34. The number of alkyl halides is 2. The van der Waals surface area contributed by atoms with Crippen LogP contribution in [0.5, 0.6) is 0 Å². The third kappa shape index (κ3) is 3.85. The van der Waals surface area contributed by atoms with Gasteiger partial charge in [0.25, 0.3) is 0 Å². The monoisotopic (exact) mass is 560 g/mol. The highest BCUT2D eigenvalue weighted by Gasteiger charge is 2.72. The summed E-state index contributed by atoms with van der Waals surface area (Å²) >= 11 is 14.9. The molecule has 39 heavy (non-hydrogen) atoms. The molecule has 3 amide bonds. The van der Waals surface area contributed by atoms with Gasteiger partial charge in [-0.3, -0.25) is 19.3 Å². The van der Waals surface area contributed by atoms with Crippen LogP contribution in [0.15, 0.2) is 72.8 Å². The Hall–Kier alpha value is -3.15. The molecule has 0 spiro atoms. The molecule has 200 valence electrons. The first-order chi connectivity index (χ1) is 18.8. The van der Waals surface area contributed by atoms with E-state index >= 15 is 0 Å². The highest BCUT2D eigenvalue weighted by atomic mass is 35.5. The standard InChI is InChI=1S/C32H30Cl2N2O3/c1-2-20-15-17-21(18-16-20)35-26(37)14-4-3-9-19-36-29(38)27-28(30(36)39)32(34)23-11-6-5-10-22(23)31(27,33)24-12-7-8-13-25(24)32/h5-8,10-13,15-18,27-28H,2-4,9,14,19H2,1H3,(H,35,37)/t27-,28+,31?,32?. The van der Waals surface area contributed by atoms with Gasteiger partial charge >= 0.3 is 0 Å². The summed E-state index contributed by atoms with van der Waals surface area (Å²) in [6.07, 6.45) is 3.32. The fourth-order valence-corrected chi connectivity index (χ4v) is 7.82. The molecule has 4 aliphatic rings. The van der Waals surface area contributed by atoms with Crippen LogP contribution in [0.2, 0.25) is 0 Å². The van der Waals surface area contributed by atoms with Gasteiger partial charge in [-0.25, -0.2) is 0 Å². The first-order valence-corrected chi connectivity index (χ1v) is 14.4. The second-order valence-corrected chi connectivity index (χ2v) is 11.9. The Morgan fingerprint density at radius 1 is 0.769 bits per heavy atom. The number of imide groups is 1. The normalized spacial score (nSPS) is 26.3. The van der Waals surface area contributed by atoms with Crippen molar-refractivity contribution in [2.45, 2.75) is 48.8 Å². The van der Waals surface area contributed by atoms with Crippen molar-refractivity contribution >= 4 is 46.6 Å². The number of likely N-dealkylation sites (tertiary alicyclic amines) is 1. The molecule has 7 heteroatoms. The van der Waals surface area contributed by atoms with Crippen molar-refractivity contribution < 1.29 is 14.4 Å². The lowest BCUT2D eigenvalue weighted by Crippen LogP contribution is -2.57. The number of amides is 3. The van der Waals surface area contributed by atoms with Crippen molar-refractivity contribution in [2.75, 3.05) is 11.9 Å². The van der Waals surface area contributed by atoms with Crippen molar-refractivity contribution in [2.24, 2.45) is 11.8 Å². The number of halogens is 2. The number of unbranched alkanes of at least 4 members (excludes halogenated alkanes) is 2. The Morgan fingerprint density at radius 2 is 1.26 bits per heavy atom. The third-order valence-corrected chi connectivity index (χ3v) is 9.89. The lowest BCUT2D eigenvalue weighted by Gasteiger charge is -2.54. The Labute approximate surface area is 238 Å². The van der Waals surface area contributed by atoms with Gasteiger partial charge in [0.1, 0.15) is 9.75 Å². The summed E-state index contributed by atoms with van der Waals surface area (Å²) in [6.45, 7) is 2.38. The van der Waals surface area contributed by atoms with E-state index in [1.165, 1.54) is 10.5 Å². The molecule has 5 nitrogen and oxygen atoms in total. The van der Waals surface area contributed by atoms with E-state index in [9.17, 15) is 14.4 Å². The minimum atomic E-state index is -1.15. The van der Waals surface area contributed by atoms with Crippen LogP contribution in [0, 0.1) is 11.8 Å². The van der Waals surface area contributed by atoms with Gasteiger partial charge in [-0.2, -0.15) is 0 Å². The molecular weight excluding hydrogens is 531 g/mol. The average molecular weight is 562 g/mol. The highest BCUT2D eigenvalue weighted by Crippen LogP contribution is 2.69. The number of nitrogens with one attached hydrogen (secondary N) is 1. The fraction of sp³-hybridized carbons (Fsp3) is 0.344. The van der Waals surface area contributed by atoms with Crippen LogP contribution >= 0.6 is 23.2 Å². The van der Waals surface area contributed by atoms with Crippen LogP contribution in [-0.4, -0.2) is 29.2 Å². The molecule has 0 unspecified atom stereocenters. The maximum atomic E-state index is 13.8. The van der Waals surface area contributed by atoms with Crippen LogP contribution in [0.25, 0.3) is 0 Å². The molecule has 1 heterocycles. The molecule has 7 rings (SSSR count). The van der Waals surface area contributed by atoms with Gasteiger partial charge in [0.05, 0.1) is 11.8 Å². The number of hydrogen-bond donors (Lipinski definition) is 1. The van der Waals surface area contributed by atoms with Crippen LogP contribution in [-0.2, 0) is 30.6 Å². The van der Waals surface area contributed by atoms with Crippen molar-refractivity contribution in [1.29, 1.82) is 0 Å². The molecule has 3 aliphatic carbocycles. The van der Waals surface area contributed by atoms with Crippen LogP contribution in [0.4, 0.5) is 5.69 Å². The maximum absolute atomic E-state index is 13.8. The minimum Gasteiger partial charge on any atom is -0.326 e. The fourth-order valence-electron chi connectivity index (χ4n) is 6.72. The Kier molecular flexibility index (Phi) is 6.55. The Morgan fingerprint density at radius 3 is 1.72 bits per heavy atom. The summed E-state index contributed by atoms with van der Waals surface area (Å²) in [5.74, 6) is -2.10. The van der Waals surface area contributed by atoms with Gasteiger partial charge in [-0.05, 0) is 59.2 Å². The number of carbonyl (C=O) groups is 3. The van der Waals surface area contributed by atoms with Gasteiger partial charge in [0.15, 0.2) is 0 Å². The molecule has 0 aromatic heterocycles. The molecule has 2 bridgehead atoms. The molecule has 0 saturated carbocycles. The van der Waals surface area contributed by atoms with Crippen LogP contribution < -0.4 is 5.32 Å². The van der Waals surface area contributed by atoms with E-state index in [1.807, 2.05) is 72.8 Å². The summed E-state index contributed by atoms with van der Waals surface area (Å²) in [5.41, 5.74) is 5.23. The lowest BCUT2D eigenvalue weighted by atomic mass is 9.54. The van der Waals surface area contributed by atoms with Gasteiger partial charge < -0.3 is 5.32 Å². The van der Waals surface area contributed by atoms with Crippen LogP contribution in [0.1, 0.15) is 60.4 Å². The maximum Gasteiger partial charge on any atom is 0.235 e. The van der Waals surface area contributed by atoms with Crippen molar-refractivity contribution in [3.8, 4) is 0 Å². The van der Waals surface area contributed by atoms with Gasteiger partial charge in [0, 0.05) is 18.7 Å². The molecule has 1 fully saturated rings. The second-order valence-electron chi connectivity index (χ2n) is 10.7. The van der Waals surface area contributed by atoms with E-state index in [0.29, 0.717) is 25.7 Å². The molecular formula is C32H30Cl2N2O3. The second kappa shape index (κ2) is 9.79. The van der Waals surface area contributed by atoms with Crippen molar-refractivity contribution in [3.05, 3.63) is 101 Å². The molecule has 3 aromatic rings. The number of benzene rings is 3. The van der Waals surface area contributed by atoms with E-state index in [0.717, 1.165) is 34.4 Å². The van der Waals surface area contributed by atoms with E-state index < -0.39 is 21.6 Å². The van der Waals surface area contributed by atoms with Gasteiger partial charge in [-0.1, -0.05) is 74.0 Å². The number of carbonyl (C=O) groups excluding carboxylic acids is 3. The number of rotatable bonds is 8. The number of nitrogens with zero attached hydrogens (tertiary/aromatic N) is 1. The summed E-state index contributed by atoms with van der Waals surface area (Å²) < 4.78 is 0. The molecule has 3 aromatic carbocycles. The van der Waals surface area contributed by atoms with Crippen molar-refractivity contribution in [3.63, 3.8) is 0 Å². The summed E-state index contributed by atoms with van der Waals surface area (Å²) in [5, 5.41) is 2.93. The summed E-state index contributed by atoms with van der Waals surface area (Å²) in [4.78, 5) is 39.1. The highest BCUT2D eigenvalue weighted by molar-refractivity contribution is 6.36. The summed E-state index contributed by atoms with van der Waals surface area (Å²) in [6, 6.07) is 23.2. The summed E-state index contributed by atoms with van der Waals surface area (Å²) in [7, 11) is 0. The zero-order valence-corrected chi connectivity index (χ0v) is 23.3. The third-order valence-electron chi connectivity index (χ3n) is 8.61. The predicted molar refractivity (Wildman–Crippen MR) is 153 cm³/mol. The van der Waals surface area contributed by atoms with Gasteiger partial charge in [0.2, 0.25) is 17.7 Å². The Bertz CT molecular complexity index is 1350. The molecule has 0 radical (unpaired) electrons. The zero-order valence-electron chi connectivity index (χ0n) is 21.8. The number of hydrogen-bond acceptors (Lipinski definition) is 3. The molecule has 1 aliphatic heterocycles. The van der Waals surface area contributed by atoms with E-state index in [2.05, 4.69) is 12.2 Å². The SMILES string of the molecule is CCc1ccc(NC(=O)CCCCCN2C(=O)[C@@H]3[C@H](C2=O)C2(Cl)c4ccccc4C3(Cl)c3ccccc32)cc1. The zero-order chi connectivity index (χ0) is 27.4. The first-order valence-electron chi connectivity index (χ1n) is 13.6. The van der Waals surface area contributed by atoms with Crippen molar-refractivity contribution in [1.82, 2.24) is 4.90 Å². The van der Waals surface area contributed by atoms with Crippen LogP contribution in [0.3, 0.4) is 0 Å². The lowest BCUT2D eigenvalue weighted by molar-refractivity contribution is -0.140. The van der Waals surface area contributed by atoms with E-state index in [-0.39, 0.29) is 24.3 Å².